The molecule has 4 rings (SSSR count). The highest BCUT2D eigenvalue weighted by molar-refractivity contribution is 6.06. The lowest BCUT2D eigenvalue weighted by molar-refractivity contribution is -0.119. The van der Waals surface area contributed by atoms with Gasteiger partial charge in [-0.15, -0.1) is 6.42 Å². The third kappa shape index (κ3) is 3.82. The molecule has 4 nitrogen and oxygen atoms in total. The van der Waals surface area contributed by atoms with Crippen molar-refractivity contribution in [1.82, 2.24) is 4.90 Å². The summed E-state index contributed by atoms with van der Waals surface area (Å²) in [5, 5.41) is 0. The summed E-state index contributed by atoms with van der Waals surface area (Å²) in [6, 6.07) is 7.69. The number of terminal acetylenes is 1. The maximum atomic E-state index is 13.4. The average molecular weight is 418 g/mol. The van der Waals surface area contributed by atoms with Gasteiger partial charge in [0.2, 0.25) is 0 Å². The lowest BCUT2D eigenvalue weighted by Gasteiger charge is -2.47. The van der Waals surface area contributed by atoms with Crippen LogP contribution in [0, 0.1) is 23.2 Å². The summed E-state index contributed by atoms with van der Waals surface area (Å²) in [4.78, 5) is 29.0. The van der Waals surface area contributed by atoms with Gasteiger partial charge in [-0.1, -0.05) is 45.7 Å². The van der Waals surface area contributed by atoms with E-state index in [9.17, 15) is 9.59 Å². The Morgan fingerprint density at radius 2 is 1.42 bits per heavy atom. The number of Topliss-reactive ketones (excluding diaryl/α,β-unsaturated/α-hetero) is 2. The van der Waals surface area contributed by atoms with Crippen LogP contribution in [0.3, 0.4) is 0 Å². The summed E-state index contributed by atoms with van der Waals surface area (Å²) in [5.41, 5.74) is 4.52. The van der Waals surface area contributed by atoms with Crippen molar-refractivity contribution in [3.05, 3.63) is 52.4 Å². The van der Waals surface area contributed by atoms with Gasteiger partial charge in [-0.3, -0.25) is 9.59 Å². The van der Waals surface area contributed by atoms with E-state index in [4.69, 9.17) is 11.2 Å². The molecule has 0 saturated heterocycles. The zero-order valence-corrected chi connectivity index (χ0v) is 19.2. The lowest BCUT2D eigenvalue weighted by atomic mass is 9.64. The summed E-state index contributed by atoms with van der Waals surface area (Å²) >= 11 is 0. The van der Waals surface area contributed by atoms with Crippen LogP contribution in [-0.2, 0) is 9.59 Å². The molecule has 2 aliphatic carbocycles. The van der Waals surface area contributed by atoms with Crippen molar-refractivity contribution in [2.75, 3.05) is 13.7 Å². The average Bonchev–Trinajstić information content (AvgIpc) is 2.67. The number of benzene rings is 1. The normalized spacial score (nSPS) is 22.8. The summed E-state index contributed by atoms with van der Waals surface area (Å²) < 4.78 is 5.52. The number of carbonyl (C=O) groups excluding carboxylic acids is 2. The smallest absolute Gasteiger partial charge is 0.162 e. The van der Waals surface area contributed by atoms with E-state index in [1.165, 1.54) is 0 Å². The molecule has 0 atom stereocenters. The van der Waals surface area contributed by atoms with E-state index >= 15 is 0 Å². The molecule has 31 heavy (non-hydrogen) atoms. The standard InChI is InChI=1S/C27H31NO3/c1-7-12-31-18-10-8-17(9-11-18)23-24-19(13-26(2,3)15-21(24)29)28(6)20-14-27(4,5)16-22(30)25(20)23/h1,8-11,23H,12-16H2,2-6H3. The van der Waals surface area contributed by atoms with Crippen molar-refractivity contribution in [3.8, 4) is 18.1 Å². The van der Waals surface area contributed by atoms with Crippen LogP contribution in [0.15, 0.2) is 46.8 Å². The van der Waals surface area contributed by atoms with Crippen LogP contribution in [0.25, 0.3) is 0 Å². The van der Waals surface area contributed by atoms with Gasteiger partial charge in [-0.05, 0) is 41.4 Å². The molecule has 1 aromatic carbocycles. The number of ketones is 2. The van der Waals surface area contributed by atoms with Crippen molar-refractivity contribution in [2.24, 2.45) is 10.8 Å². The van der Waals surface area contributed by atoms with E-state index in [0.717, 1.165) is 40.9 Å². The fourth-order valence-corrected chi connectivity index (χ4v) is 5.38. The Morgan fingerprint density at radius 3 is 1.87 bits per heavy atom. The van der Waals surface area contributed by atoms with Gasteiger partial charge in [0.25, 0.3) is 0 Å². The molecule has 162 valence electrons. The molecule has 3 aliphatic rings. The van der Waals surface area contributed by atoms with Gasteiger partial charge in [0.1, 0.15) is 12.4 Å². The summed E-state index contributed by atoms with van der Waals surface area (Å²) in [6.07, 6.45) is 7.95. The van der Waals surface area contributed by atoms with Crippen LogP contribution in [0.1, 0.15) is 64.9 Å². The van der Waals surface area contributed by atoms with Gasteiger partial charge in [0, 0.05) is 48.3 Å². The summed E-state index contributed by atoms with van der Waals surface area (Å²) in [6.45, 7) is 8.80. The minimum Gasteiger partial charge on any atom is -0.481 e. The number of nitrogens with zero attached hydrogens (tertiary/aromatic N) is 1. The van der Waals surface area contributed by atoms with E-state index in [1.807, 2.05) is 31.3 Å². The van der Waals surface area contributed by atoms with Crippen LogP contribution in [0.4, 0.5) is 0 Å². The van der Waals surface area contributed by atoms with Crippen molar-refractivity contribution in [1.29, 1.82) is 0 Å². The van der Waals surface area contributed by atoms with Crippen LogP contribution >= 0.6 is 0 Å². The molecular weight excluding hydrogens is 386 g/mol. The number of carbonyl (C=O) groups is 2. The molecule has 0 saturated carbocycles. The molecule has 0 spiro atoms. The number of ether oxygens (including phenoxy) is 1. The SMILES string of the molecule is C#CCOc1ccc(C2C3=C(CC(C)(C)CC3=O)N(C)C3=C2C(=O)CC(C)(C)C3)cc1. The molecule has 0 amide bonds. The van der Waals surface area contributed by atoms with Crippen molar-refractivity contribution >= 4 is 11.6 Å². The van der Waals surface area contributed by atoms with E-state index in [1.54, 1.807) is 0 Å². The minimum atomic E-state index is -0.310. The van der Waals surface area contributed by atoms with Crippen molar-refractivity contribution in [3.63, 3.8) is 0 Å². The van der Waals surface area contributed by atoms with Gasteiger partial charge >= 0.3 is 0 Å². The Morgan fingerprint density at radius 1 is 0.935 bits per heavy atom. The maximum Gasteiger partial charge on any atom is 0.162 e. The molecule has 1 aliphatic heterocycles. The fraction of sp³-hybridized carbons (Fsp3) is 0.481. The molecule has 0 N–H and O–H groups in total. The van der Waals surface area contributed by atoms with Crippen LogP contribution in [0.2, 0.25) is 0 Å². The zero-order chi connectivity index (χ0) is 22.6. The Labute approximate surface area is 185 Å². The minimum absolute atomic E-state index is 0.0894. The van der Waals surface area contributed by atoms with Gasteiger partial charge in [-0.2, -0.15) is 0 Å². The zero-order valence-electron chi connectivity index (χ0n) is 19.2. The van der Waals surface area contributed by atoms with E-state index in [0.29, 0.717) is 18.6 Å². The van der Waals surface area contributed by atoms with E-state index < -0.39 is 0 Å². The number of rotatable bonds is 3. The summed E-state index contributed by atoms with van der Waals surface area (Å²) in [7, 11) is 2.03. The quantitative estimate of drug-likeness (QED) is 0.649. The third-order valence-electron chi connectivity index (χ3n) is 6.72. The summed E-state index contributed by atoms with van der Waals surface area (Å²) in [5.74, 6) is 3.15. The van der Waals surface area contributed by atoms with E-state index in [-0.39, 0.29) is 34.9 Å². The molecular formula is C27H31NO3. The third-order valence-corrected chi connectivity index (χ3v) is 6.72. The van der Waals surface area contributed by atoms with Crippen LogP contribution in [-0.4, -0.2) is 30.1 Å². The highest BCUT2D eigenvalue weighted by atomic mass is 16.5. The molecule has 0 bridgehead atoms. The Bertz CT molecular complexity index is 993. The Hall–Kier alpha value is -2.80. The molecule has 4 heteroatoms. The van der Waals surface area contributed by atoms with Gasteiger partial charge in [0.15, 0.2) is 11.6 Å². The highest BCUT2D eigenvalue weighted by Crippen LogP contribution is 2.53. The maximum absolute atomic E-state index is 13.4. The largest absolute Gasteiger partial charge is 0.481 e. The van der Waals surface area contributed by atoms with Crippen LogP contribution < -0.4 is 4.74 Å². The fourth-order valence-electron chi connectivity index (χ4n) is 5.38. The second-order valence-electron chi connectivity index (χ2n) is 10.7. The molecule has 0 aromatic heterocycles. The first-order chi connectivity index (χ1) is 14.5. The lowest BCUT2D eigenvalue weighted by Crippen LogP contribution is -2.43. The first-order valence-corrected chi connectivity index (χ1v) is 11.0. The molecule has 1 aromatic rings. The predicted molar refractivity (Wildman–Crippen MR) is 121 cm³/mol. The Balaban J connectivity index is 1.87. The van der Waals surface area contributed by atoms with Crippen LogP contribution in [0.5, 0.6) is 5.75 Å². The second-order valence-corrected chi connectivity index (χ2v) is 10.7. The number of hydrogen-bond donors (Lipinski definition) is 0. The van der Waals surface area contributed by atoms with Gasteiger partial charge in [0.05, 0.1) is 0 Å². The first-order valence-electron chi connectivity index (χ1n) is 11.0. The second kappa shape index (κ2) is 7.41. The van der Waals surface area contributed by atoms with Gasteiger partial charge < -0.3 is 9.64 Å². The molecule has 0 unspecified atom stereocenters. The number of allylic oxidation sites excluding steroid dienone is 4. The van der Waals surface area contributed by atoms with Crippen molar-refractivity contribution in [2.45, 2.75) is 59.3 Å². The Kier molecular flexibility index (Phi) is 5.12. The molecule has 1 heterocycles. The topological polar surface area (TPSA) is 46.6 Å². The van der Waals surface area contributed by atoms with Gasteiger partial charge in [-0.25, -0.2) is 0 Å². The highest BCUT2D eigenvalue weighted by Gasteiger charge is 2.48. The predicted octanol–water partition coefficient (Wildman–Crippen LogP) is 5.01. The van der Waals surface area contributed by atoms with Crippen molar-refractivity contribution < 1.29 is 14.3 Å². The molecule has 0 radical (unpaired) electrons. The monoisotopic (exact) mass is 417 g/mol. The number of hydrogen-bond acceptors (Lipinski definition) is 4. The first kappa shape index (κ1) is 21.4. The van der Waals surface area contributed by atoms with E-state index in [2.05, 4.69) is 38.5 Å². The molecule has 0 fully saturated rings.